The lowest BCUT2D eigenvalue weighted by molar-refractivity contribution is -0.127. The van der Waals surface area contributed by atoms with Crippen molar-refractivity contribution < 1.29 is 34.1 Å². The average molecular weight is 529 g/mol. The summed E-state index contributed by atoms with van der Waals surface area (Å²) in [5.41, 5.74) is 7.52. The summed E-state index contributed by atoms with van der Waals surface area (Å²) in [5.74, 6) is -1.30. The van der Waals surface area contributed by atoms with E-state index >= 15 is 0 Å². The summed E-state index contributed by atoms with van der Waals surface area (Å²) in [4.78, 5) is 41.8. The monoisotopic (exact) mass is 528 g/mol. The van der Waals surface area contributed by atoms with Crippen LogP contribution in [0.1, 0.15) is 27.7 Å². The van der Waals surface area contributed by atoms with Gasteiger partial charge in [0.05, 0.1) is 13.7 Å². The Hall–Kier alpha value is -3.84. The van der Waals surface area contributed by atoms with Gasteiger partial charge in [-0.25, -0.2) is 9.78 Å². The van der Waals surface area contributed by atoms with E-state index in [1.165, 1.54) is 12.5 Å². The SMILES string of the molecule is COC(=O)c1csc(NC(=O)[C@H](Cc2ccccc2)NC(=O)[C@H](N)c2ccc(OC[C@@H](O)CO)cc2)n1. The van der Waals surface area contributed by atoms with Gasteiger partial charge in [-0.2, -0.15) is 0 Å². The molecule has 1 heterocycles. The number of nitrogens with two attached hydrogens (primary N) is 1. The van der Waals surface area contributed by atoms with Gasteiger partial charge in [0.25, 0.3) is 0 Å². The van der Waals surface area contributed by atoms with Gasteiger partial charge in [0.15, 0.2) is 10.8 Å². The van der Waals surface area contributed by atoms with Crippen molar-refractivity contribution in [3.8, 4) is 5.75 Å². The van der Waals surface area contributed by atoms with E-state index in [9.17, 15) is 19.5 Å². The van der Waals surface area contributed by atoms with Gasteiger partial charge < -0.3 is 36.1 Å². The summed E-state index contributed by atoms with van der Waals surface area (Å²) in [6.07, 6.45) is -0.808. The Balaban J connectivity index is 1.69. The molecule has 196 valence electrons. The summed E-state index contributed by atoms with van der Waals surface area (Å²) in [6, 6.07) is 13.5. The third-order valence-electron chi connectivity index (χ3n) is 5.22. The summed E-state index contributed by atoms with van der Waals surface area (Å²) in [5, 5.41) is 25.2. The number of esters is 1. The smallest absolute Gasteiger partial charge is 0.357 e. The van der Waals surface area contributed by atoms with Crippen molar-refractivity contribution in [1.82, 2.24) is 10.3 Å². The highest BCUT2D eigenvalue weighted by atomic mass is 32.1. The van der Waals surface area contributed by atoms with E-state index in [0.29, 0.717) is 11.3 Å². The van der Waals surface area contributed by atoms with Crippen molar-refractivity contribution in [1.29, 1.82) is 0 Å². The van der Waals surface area contributed by atoms with Crippen LogP contribution < -0.4 is 21.1 Å². The molecule has 1 aromatic heterocycles. The fourth-order valence-electron chi connectivity index (χ4n) is 3.21. The van der Waals surface area contributed by atoms with Gasteiger partial charge in [-0.3, -0.25) is 9.59 Å². The molecule has 0 aliphatic rings. The number of aliphatic hydroxyl groups excluding tert-OH is 2. The van der Waals surface area contributed by atoms with Crippen LogP contribution >= 0.6 is 11.3 Å². The fraction of sp³-hybridized carbons (Fsp3) is 0.280. The molecule has 11 nitrogen and oxygen atoms in total. The highest BCUT2D eigenvalue weighted by Gasteiger charge is 2.26. The maximum atomic E-state index is 13.1. The number of hydrogen-bond acceptors (Lipinski definition) is 10. The second kappa shape index (κ2) is 13.5. The maximum Gasteiger partial charge on any atom is 0.357 e. The highest BCUT2D eigenvalue weighted by Crippen LogP contribution is 2.19. The van der Waals surface area contributed by atoms with Crippen LogP contribution in [0.15, 0.2) is 60.0 Å². The normalized spacial score (nSPS) is 13.2. The lowest BCUT2D eigenvalue weighted by atomic mass is 10.0. The minimum Gasteiger partial charge on any atom is -0.491 e. The lowest BCUT2D eigenvalue weighted by Crippen LogP contribution is -2.48. The number of carbonyl (C=O) groups is 3. The quantitative estimate of drug-likeness (QED) is 0.215. The summed E-state index contributed by atoms with van der Waals surface area (Å²) in [6.45, 7) is -0.505. The molecular weight excluding hydrogens is 500 g/mol. The zero-order valence-corrected chi connectivity index (χ0v) is 20.8. The first-order valence-corrected chi connectivity index (χ1v) is 12.1. The number of hydrogen-bond donors (Lipinski definition) is 5. The number of benzene rings is 2. The molecule has 0 spiro atoms. The van der Waals surface area contributed by atoms with Crippen molar-refractivity contribution in [2.24, 2.45) is 5.73 Å². The number of nitrogens with zero attached hydrogens (tertiary/aromatic N) is 1. The number of methoxy groups -OCH3 is 1. The molecule has 6 N–H and O–H groups in total. The number of carbonyl (C=O) groups excluding carboxylic acids is 3. The molecule has 0 saturated carbocycles. The van der Waals surface area contributed by atoms with Gasteiger partial charge in [-0.15, -0.1) is 11.3 Å². The highest BCUT2D eigenvalue weighted by molar-refractivity contribution is 7.14. The molecule has 0 aliphatic heterocycles. The van der Waals surface area contributed by atoms with Crippen molar-refractivity contribution in [2.45, 2.75) is 24.6 Å². The van der Waals surface area contributed by atoms with Crippen LogP contribution in [-0.2, 0) is 20.7 Å². The van der Waals surface area contributed by atoms with Crippen molar-refractivity contribution in [3.63, 3.8) is 0 Å². The number of rotatable bonds is 12. The van der Waals surface area contributed by atoms with Crippen molar-refractivity contribution in [2.75, 3.05) is 25.6 Å². The molecule has 0 fully saturated rings. The van der Waals surface area contributed by atoms with E-state index in [4.69, 9.17) is 15.6 Å². The predicted octanol–water partition coefficient (Wildman–Crippen LogP) is 1.03. The van der Waals surface area contributed by atoms with E-state index in [2.05, 4.69) is 20.4 Å². The lowest BCUT2D eigenvalue weighted by Gasteiger charge is -2.21. The Morgan fingerprint density at radius 2 is 1.78 bits per heavy atom. The molecule has 3 rings (SSSR count). The number of thiazole rings is 1. The van der Waals surface area contributed by atoms with Crippen LogP contribution in [0, 0.1) is 0 Å². The number of anilines is 1. The van der Waals surface area contributed by atoms with E-state index in [1.54, 1.807) is 24.3 Å². The molecule has 3 aromatic rings. The van der Waals surface area contributed by atoms with E-state index in [1.807, 2.05) is 30.3 Å². The van der Waals surface area contributed by atoms with E-state index in [0.717, 1.165) is 16.9 Å². The Labute approximate surface area is 217 Å². The molecule has 0 unspecified atom stereocenters. The van der Waals surface area contributed by atoms with Crippen LogP contribution in [0.5, 0.6) is 5.75 Å². The Kier molecular flexibility index (Phi) is 10.1. The van der Waals surface area contributed by atoms with Crippen molar-refractivity contribution in [3.05, 3.63) is 76.8 Å². The van der Waals surface area contributed by atoms with Gasteiger partial charge in [0.1, 0.15) is 30.5 Å². The standard InChI is InChI=1S/C25H28N4O7S/c1-35-24(34)20-14-37-25(28-20)29-22(32)19(11-15-5-3-2-4-6-15)27-23(33)21(26)16-7-9-18(10-8-16)36-13-17(31)12-30/h2-10,14,17,19,21,30-31H,11-13,26H2,1H3,(H,27,33)(H,28,29,32)/t17-,19-,21+/m0/s1. The molecule has 3 atom stereocenters. The largest absolute Gasteiger partial charge is 0.491 e. The number of aliphatic hydroxyl groups is 2. The molecule has 2 amide bonds. The molecular formula is C25H28N4O7S. The zero-order chi connectivity index (χ0) is 26.8. The Morgan fingerprint density at radius 1 is 1.08 bits per heavy atom. The topological polar surface area (TPSA) is 173 Å². The first-order chi connectivity index (χ1) is 17.8. The molecule has 0 aliphatic carbocycles. The third kappa shape index (κ3) is 8.08. The van der Waals surface area contributed by atoms with Crippen LogP contribution in [0.3, 0.4) is 0 Å². The van der Waals surface area contributed by atoms with Gasteiger partial charge in [-0.1, -0.05) is 42.5 Å². The molecule has 12 heteroatoms. The summed E-state index contributed by atoms with van der Waals surface area (Å²) in [7, 11) is 1.23. The Morgan fingerprint density at radius 3 is 2.43 bits per heavy atom. The van der Waals surface area contributed by atoms with Crippen LogP contribution in [0.25, 0.3) is 0 Å². The number of ether oxygens (including phenoxy) is 2. The minimum atomic E-state index is -1.08. The second-order valence-electron chi connectivity index (χ2n) is 7.96. The third-order valence-corrected chi connectivity index (χ3v) is 5.98. The van der Waals surface area contributed by atoms with Crippen LogP contribution in [0.4, 0.5) is 5.13 Å². The number of aromatic nitrogens is 1. The number of nitrogens with one attached hydrogen (secondary N) is 2. The van der Waals surface area contributed by atoms with Gasteiger partial charge in [0, 0.05) is 11.8 Å². The van der Waals surface area contributed by atoms with Crippen molar-refractivity contribution >= 4 is 34.3 Å². The van der Waals surface area contributed by atoms with Crippen LogP contribution in [0.2, 0.25) is 0 Å². The van der Waals surface area contributed by atoms with E-state index in [-0.39, 0.29) is 23.9 Å². The van der Waals surface area contributed by atoms with Gasteiger partial charge in [-0.05, 0) is 23.3 Å². The Bertz CT molecular complexity index is 1190. The molecule has 0 bridgehead atoms. The first-order valence-electron chi connectivity index (χ1n) is 11.3. The molecule has 2 aromatic carbocycles. The molecule has 0 saturated heterocycles. The van der Waals surface area contributed by atoms with Gasteiger partial charge in [0.2, 0.25) is 11.8 Å². The second-order valence-corrected chi connectivity index (χ2v) is 8.82. The van der Waals surface area contributed by atoms with Gasteiger partial charge >= 0.3 is 5.97 Å². The summed E-state index contributed by atoms with van der Waals surface area (Å²) >= 11 is 1.05. The fourth-order valence-corrected chi connectivity index (χ4v) is 3.89. The van der Waals surface area contributed by atoms with E-state index < -0.39 is 42.6 Å². The minimum absolute atomic E-state index is 0.0618. The zero-order valence-electron chi connectivity index (χ0n) is 20.0. The number of amides is 2. The maximum absolute atomic E-state index is 13.1. The molecule has 37 heavy (non-hydrogen) atoms. The average Bonchev–Trinajstić information content (AvgIpc) is 3.39. The summed E-state index contributed by atoms with van der Waals surface area (Å²) < 4.78 is 9.99. The first kappa shape index (κ1) is 27.7. The predicted molar refractivity (Wildman–Crippen MR) is 136 cm³/mol. The molecule has 0 radical (unpaired) electrons. The van der Waals surface area contributed by atoms with Crippen LogP contribution in [-0.4, -0.2) is 65.5 Å².